The Balaban J connectivity index is 1.53. The molecule has 2 heterocycles. The largest absolute Gasteiger partial charge is 0.337 e. The minimum absolute atomic E-state index is 0.0182. The van der Waals surface area contributed by atoms with Gasteiger partial charge >= 0.3 is 0 Å². The van der Waals surface area contributed by atoms with E-state index in [0.717, 1.165) is 24.2 Å². The van der Waals surface area contributed by atoms with Crippen molar-refractivity contribution in [2.45, 2.75) is 19.4 Å². The van der Waals surface area contributed by atoms with Crippen LogP contribution in [-0.4, -0.2) is 67.9 Å². The maximum Gasteiger partial charge on any atom is 0.246 e. The lowest BCUT2D eigenvalue weighted by atomic mass is 10.1. The van der Waals surface area contributed by atoms with E-state index in [-0.39, 0.29) is 17.7 Å². The first-order chi connectivity index (χ1) is 11.8. The molecule has 1 atom stereocenters. The van der Waals surface area contributed by atoms with Gasteiger partial charge in [0.2, 0.25) is 5.91 Å². The van der Waals surface area contributed by atoms with Gasteiger partial charge in [0.1, 0.15) is 0 Å². The maximum atomic E-state index is 12.3. The van der Waals surface area contributed by atoms with Crippen LogP contribution in [0.4, 0.5) is 0 Å². The quantitative estimate of drug-likeness (QED) is 0.750. The third-order valence-electron chi connectivity index (χ3n) is 4.96. The number of hydrogen-bond donors (Lipinski definition) is 0. The van der Waals surface area contributed by atoms with Crippen LogP contribution < -0.4 is 0 Å². The van der Waals surface area contributed by atoms with E-state index >= 15 is 0 Å². The van der Waals surface area contributed by atoms with Crippen LogP contribution in [0.15, 0.2) is 24.3 Å². The Morgan fingerprint density at radius 3 is 2.56 bits per heavy atom. The fraction of sp³-hybridized carbons (Fsp3) is 0.500. The molecule has 3 rings (SSSR count). The number of carbonyl (C=O) groups excluding carboxylic acids is 1. The Hall–Kier alpha value is -1.37. The van der Waals surface area contributed by atoms with Crippen molar-refractivity contribution in [3.8, 4) is 0 Å². The Labute approximate surface area is 154 Å². The SMILES string of the molecule is Cc1ccc(/C=C/C(=O)N2CCN(C3CCS(=O)(=O)C3)CC2)cc1Cl. The summed E-state index contributed by atoms with van der Waals surface area (Å²) in [6, 6.07) is 5.83. The summed E-state index contributed by atoms with van der Waals surface area (Å²) in [7, 11) is -2.86. The summed E-state index contributed by atoms with van der Waals surface area (Å²) in [4.78, 5) is 16.4. The fourth-order valence-electron chi connectivity index (χ4n) is 3.36. The van der Waals surface area contributed by atoms with E-state index < -0.39 is 9.84 Å². The monoisotopic (exact) mass is 382 g/mol. The van der Waals surface area contributed by atoms with E-state index in [1.54, 1.807) is 12.2 Å². The van der Waals surface area contributed by atoms with Crippen LogP contribution in [-0.2, 0) is 14.6 Å². The van der Waals surface area contributed by atoms with Gasteiger partial charge in [-0.1, -0.05) is 23.7 Å². The van der Waals surface area contributed by atoms with Gasteiger partial charge in [0.05, 0.1) is 11.5 Å². The van der Waals surface area contributed by atoms with E-state index in [1.807, 2.05) is 30.0 Å². The molecule has 5 nitrogen and oxygen atoms in total. The van der Waals surface area contributed by atoms with Gasteiger partial charge in [-0.15, -0.1) is 0 Å². The number of benzene rings is 1. The highest BCUT2D eigenvalue weighted by Crippen LogP contribution is 2.20. The minimum atomic E-state index is -2.86. The lowest BCUT2D eigenvalue weighted by Crippen LogP contribution is -2.52. The molecule has 0 bridgehead atoms. The van der Waals surface area contributed by atoms with Crippen LogP contribution in [0.25, 0.3) is 6.08 Å². The molecule has 0 aliphatic carbocycles. The molecule has 2 saturated heterocycles. The molecular weight excluding hydrogens is 360 g/mol. The lowest BCUT2D eigenvalue weighted by molar-refractivity contribution is -0.127. The second-order valence-electron chi connectivity index (χ2n) is 6.76. The summed E-state index contributed by atoms with van der Waals surface area (Å²) < 4.78 is 23.2. The van der Waals surface area contributed by atoms with Crippen molar-refractivity contribution < 1.29 is 13.2 Å². The van der Waals surface area contributed by atoms with Crippen LogP contribution in [0.1, 0.15) is 17.5 Å². The highest BCUT2D eigenvalue weighted by Gasteiger charge is 2.34. The van der Waals surface area contributed by atoms with Gasteiger partial charge in [-0.25, -0.2) is 8.42 Å². The van der Waals surface area contributed by atoms with Crippen molar-refractivity contribution >= 4 is 33.4 Å². The number of piperazine rings is 1. The molecule has 136 valence electrons. The fourth-order valence-corrected chi connectivity index (χ4v) is 5.31. The zero-order valence-electron chi connectivity index (χ0n) is 14.3. The smallest absolute Gasteiger partial charge is 0.246 e. The van der Waals surface area contributed by atoms with Crippen molar-refractivity contribution in [1.82, 2.24) is 9.80 Å². The number of halogens is 1. The van der Waals surface area contributed by atoms with Crippen LogP contribution in [0.5, 0.6) is 0 Å². The number of carbonyl (C=O) groups is 1. The van der Waals surface area contributed by atoms with Gasteiger partial charge < -0.3 is 4.90 Å². The minimum Gasteiger partial charge on any atom is -0.337 e. The molecule has 2 fully saturated rings. The first kappa shape index (κ1) is 18.4. The van der Waals surface area contributed by atoms with Crippen LogP contribution in [0, 0.1) is 6.92 Å². The second-order valence-corrected chi connectivity index (χ2v) is 9.40. The number of sulfone groups is 1. The highest BCUT2D eigenvalue weighted by atomic mass is 35.5. The van der Waals surface area contributed by atoms with Crippen molar-refractivity contribution in [3.05, 3.63) is 40.4 Å². The van der Waals surface area contributed by atoms with Crippen LogP contribution in [0.3, 0.4) is 0 Å². The molecule has 0 N–H and O–H groups in total. The Morgan fingerprint density at radius 2 is 1.96 bits per heavy atom. The summed E-state index contributed by atoms with van der Waals surface area (Å²) in [5.74, 6) is 0.531. The van der Waals surface area contributed by atoms with Gasteiger partial charge in [0.15, 0.2) is 9.84 Å². The first-order valence-electron chi connectivity index (χ1n) is 8.52. The summed E-state index contributed by atoms with van der Waals surface area (Å²) in [5, 5.41) is 0.690. The Kier molecular flexibility index (Phi) is 5.51. The molecule has 1 aromatic carbocycles. The highest BCUT2D eigenvalue weighted by molar-refractivity contribution is 7.91. The maximum absolute atomic E-state index is 12.3. The number of aryl methyl sites for hydroxylation is 1. The van der Waals surface area contributed by atoms with Crippen molar-refractivity contribution in [2.24, 2.45) is 0 Å². The van der Waals surface area contributed by atoms with E-state index in [2.05, 4.69) is 4.90 Å². The number of rotatable bonds is 3. The van der Waals surface area contributed by atoms with Crippen molar-refractivity contribution in [3.63, 3.8) is 0 Å². The number of amides is 1. The third kappa shape index (κ3) is 4.63. The molecule has 0 radical (unpaired) electrons. The molecule has 0 saturated carbocycles. The Bertz CT molecular complexity index is 784. The molecule has 1 amide bonds. The molecule has 2 aliphatic heterocycles. The molecule has 2 aliphatic rings. The van der Waals surface area contributed by atoms with E-state index in [1.165, 1.54) is 0 Å². The van der Waals surface area contributed by atoms with Gasteiger partial charge in [-0.3, -0.25) is 9.69 Å². The van der Waals surface area contributed by atoms with Gasteiger partial charge in [-0.05, 0) is 36.6 Å². The van der Waals surface area contributed by atoms with E-state index in [9.17, 15) is 13.2 Å². The predicted molar refractivity (Wildman–Crippen MR) is 100 cm³/mol. The summed E-state index contributed by atoms with van der Waals surface area (Å²) in [6.07, 6.45) is 4.07. The molecule has 7 heteroatoms. The van der Waals surface area contributed by atoms with Crippen molar-refractivity contribution in [2.75, 3.05) is 37.7 Å². The van der Waals surface area contributed by atoms with Crippen LogP contribution >= 0.6 is 11.6 Å². The predicted octanol–water partition coefficient (Wildman–Crippen LogP) is 1.99. The van der Waals surface area contributed by atoms with Crippen molar-refractivity contribution in [1.29, 1.82) is 0 Å². The third-order valence-corrected chi connectivity index (χ3v) is 7.12. The topological polar surface area (TPSA) is 57.7 Å². The van der Waals surface area contributed by atoms with Crippen LogP contribution in [0.2, 0.25) is 5.02 Å². The zero-order chi connectivity index (χ0) is 18.0. The number of hydrogen-bond acceptors (Lipinski definition) is 4. The second kappa shape index (κ2) is 7.48. The number of nitrogens with zero attached hydrogens (tertiary/aromatic N) is 2. The van der Waals surface area contributed by atoms with E-state index in [0.29, 0.717) is 30.3 Å². The Morgan fingerprint density at radius 1 is 1.24 bits per heavy atom. The lowest BCUT2D eigenvalue weighted by Gasteiger charge is -2.37. The summed E-state index contributed by atoms with van der Waals surface area (Å²) in [6.45, 7) is 4.67. The van der Waals surface area contributed by atoms with E-state index in [4.69, 9.17) is 11.6 Å². The summed E-state index contributed by atoms with van der Waals surface area (Å²) in [5.41, 5.74) is 1.91. The molecule has 1 unspecified atom stereocenters. The molecular formula is C18H23ClN2O3S. The molecule has 25 heavy (non-hydrogen) atoms. The first-order valence-corrected chi connectivity index (χ1v) is 10.7. The average Bonchev–Trinajstić information content (AvgIpc) is 2.96. The molecule has 0 aromatic heterocycles. The molecule has 1 aromatic rings. The van der Waals surface area contributed by atoms with Gasteiger partial charge in [0.25, 0.3) is 0 Å². The van der Waals surface area contributed by atoms with Gasteiger partial charge in [0, 0.05) is 43.3 Å². The standard InChI is InChI=1S/C18H23ClN2O3S/c1-14-2-3-15(12-17(14)19)4-5-18(22)21-9-7-20(8-10-21)16-6-11-25(23,24)13-16/h2-5,12,16H,6-11,13H2,1H3/b5-4+. The van der Waals surface area contributed by atoms with Gasteiger partial charge in [-0.2, -0.15) is 0 Å². The average molecular weight is 383 g/mol. The summed E-state index contributed by atoms with van der Waals surface area (Å²) >= 11 is 6.10. The molecule has 0 spiro atoms. The normalized spacial score (nSPS) is 24.1. The zero-order valence-corrected chi connectivity index (χ0v) is 15.9.